The number of aryl methyl sites for hydroxylation is 1. The number of aromatic nitrogens is 2. The Morgan fingerprint density at radius 1 is 1.06 bits per heavy atom. The Morgan fingerprint density at radius 2 is 1.68 bits per heavy atom. The van der Waals surface area contributed by atoms with Crippen LogP contribution in [0.1, 0.15) is 11.1 Å². The van der Waals surface area contributed by atoms with Gasteiger partial charge in [-0.2, -0.15) is 10.2 Å². The quantitative estimate of drug-likeness (QED) is 0.274. The predicted octanol–water partition coefficient (Wildman–Crippen LogP) is 5.66. The summed E-state index contributed by atoms with van der Waals surface area (Å²) >= 11 is 6.61. The van der Waals surface area contributed by atoms with Gasteiger partial charge in [-0.3, -0.25) is 9.20 Å². The third-order valence-corrected chi connectivity index (χ3v) is 7.61. The first-order valence-electron chi connectivity index (χ1n) is 9.78. The fourth-order valence-electron chi connectivity index (χ4n) is 3.15. The van der Waals surface area contributed by atoms with E-state index >= 15 is 0 Å². The predicted molar refractivity (Wildman–Crippen MR) is 135 cm³/mol. The lowest BCUT2D eigenvalue weighted by Gasteiger charge is -2.12. The lowest BCUT2D eigenvalue weighted by molar-refractivity contribution is 0.460. The molecule has 0 saturated heterocycles. The van der Waals surface area contributed by atoms with E-state index in [4.69, 9.17) is 4.74 Å². The van der Waals surface area contributed by atoms with Crippen LogP contribution in [0.4, 0.5) is 0 Å². The first-order chi connectivity index (χ1) is 16.2. The summed E-state index contributed by atoms with van der Waals surface area (Å²) in [4.78, 5) is 17.2. The lowest BCUT2D eigenvalue weighted by atomic mass is 10.2. The van der Waals surface area contributed by atoms with E-state index in [9.17, 15) is 18.5 Å². The molecular weight excluding hydrogens is 586 g/mol. The van der Waals surface area contributed by atoms with Crippen molar-refractivity contribution in [2.24, 2.45) is 0 Å². The van der Waals surface area contributed by atoms with Crippen molar-refractivity contribution < 1.29 is 13.2 Å². The molecule has 0 aliphatic heterocycles. The molecule has 4 rings (SSSR count). The minimum absolute atomic E-state index is 0.0800. The summed E-state index contributed by atoms with van der Waals surface area (Å²) in [6.45, 7) is 1.79. The zero-order valence-corrected chi connectivity index (χ0v) is 21.6. The molecule has 170 valence electrons. The number of nitriles is 1. The second-order valence-electron chi connectivity index (χ2n) is 7.15. The molecule has 0 unspecified atom stereocenters. The number of ether oxygens (including phenoxy) is 1. The normalized spacial score (nSPS) is 11.9. The summed E-state index contributed by atoms with van der Waals surface area (Å²) in [5, 5.41) is 9.72. The van der Waals surface area contributed by atoms with Crippen LogP contribution in [0.2, 0.25) is 0 Å². The van der Waals surface area contributed by atoms with Crippen LogP contribution in [0.15, 0.2) is 90.4 Å². The van der Waals surface area contributed by atoms with E-state index in [-0.39, 0.29) is 16.3 Å². The van der Waals surface area contributed by atoms with E-state index in [1.807, 2.05) is 0 Å². The Labute approximate surface area is 212 Å². The van der Waals surface area contributed by atoms with Gasteiger partial charge in [-0.25, -0.2) is 8.42 Å². The lowest BCUT2D eigenvalue weighted by Crippen LogP contribution is -2.20. The molecule has 0 aliphatic carbocycles. The van der Waals surface area contributed by atoms with Crippen molar-refractivity contribution in [2.75, 3.05) is 0 Å². The Kier molecular flexibility index (Phi) is 6.70. The Balaban J connectivity index is 1.95. The highest BCUT2D eigenvalue weighted by Gasteiger charge is 2.24. The fourth-order valence-corrected chi connectivity index (χ4v) is 4.82. The van der Waals surface area contributed by atoms with E-state index in [2.05, 4.69) is 36.8 Å². The first-order valence-corrected chi connectivity index (χ1v) is 12.9. The molecular formula is C24H15Br2N3O4S. The number of hydrogen-bond acceptors (Lipinski definition) is 6. The number of nitrogens with zero attached hydrogens (tertiary/aromatic N) is 3. The number of sulfone groups is 1. The van der Waals surface area contributed by atoms with Crippen LogP contribution in [0.5, 0.6) is 11.6 Å². The molecule has 0 N–H and O–H groups in total. The molecule has 4 aromatic rings. The average molecular weight is 601 g/mol. The van der Waals surface area contributed by atoms with E-state index in [1.54, 1.807) is 61.5 Å². The van der Waals surface area contributed by atoms with Gasteiger partial charge in [-0.15, -0.1) is 0 Å². The van der Waals surface area contributed by atoms with Crippen molar-refractivity contribution in [3.63, 3.8) is 0 Å². The highest BCUT2D eigenvalue weighted by atomic mass is 79.9. The van der Waals surface area contributed by atoms with Crippen LogP contribution in [0.25, 0.3) is 11.7 Å². The molecule has 0 spiro atoms. The van der Waals surface area contributed by atoms with Crippen LogP contribution in [-0.2, 0) is 9.84 Å². The van der Waals surface area contributed by atoms with Crippen molar-refractivity contribution in [3.05, 3.63) is 102 Å². The third-order valence-electron chi connectivity index (χ3n) is 4.88. The standard InChI is InChI=1S/C24H15Br2N3O4S/c1-15-3-2-12-29-22(15)28-23(33-18-8-4-16(25)5-9-18)21(24(29)30)13-20(14-27)34(31,32)19-10-6-17(26)7-11-19/h2-13H,1H3. The minimum Gasteiger partial charge on any atom is -0.438 e. The van der Waals surface area contributed by atoms with Gasteiger partial charge in [0.1, 0.15) is 27.9 Å². The van der Waals surface area contributed by atoms with Crippen molar-refractivity contribution >= 4 is 53.4 Å². The van der Waals surface area contributed by atoms with Crippen LogP contribution in [0, 0.1) is 18.3 Å². The van der Waals surface area contributed by atoms with E-state index in [1.165, 1.54) is 22.7 Å². The molecule has 34 heavy (non-hydrogen) atoms. The smallest absolute Gasteiger partial charge is 0.269 e. The second kappa shape index (κ2) is 9.54. The fraction of sp³-hybridized carbons (Fsp3) is 0.0417. The zero-order chi connectivity index (χ0) is 24.5. The second-order valence-corrected chi connectivity index (χ2v) is 10.9. The molecule has 2 aromatic heterocycles. The molecule has 7 nitrogen and oxygen atoms in total. The van der Waals surface area contributed by atoms with Crippen molar-refractivity contribution in [1.29, 1.82) is 5.26 Å². The van der Waals surface area contributed by atoms with Crippen LogP contribution in [0.3, 0.4) is 0 Å². The number of benzene rings is 2. The highest BCUT2D eigenvalue weighted by molar-refractivity contribution is 9.10. The third kappa shape index (κ3) is 4.68. The number of hydrogen-bond donors (Lipinski definition) is 0. The number of rotatable bonds is 5. The van der Waals surface area contributed by atoms with E-state index in [0.29, 0.717) is 15.9 Å². The van der Waals surface area contributed by atoms with Gasteiger partial charge in [0.15, 0.2) is 0 Å². The zero-order valence-electron chi connectivity index (χ0n) is 17.6. The monoisotopic (exact) mass is 599 g/mol. The Hall–Kier alpha value is -3.26. The molecule has 2 aromatic carbocycles. The van der Waals surface area contributed by atoms with Gasteiger partial charge in [0, 0.05) is 15.1 Å². The van der Waals surface area contributed by atoms with Gasteiger partial charge >= 0.3 is 0 Å². The first kappa shape index (κ1) is 23.9. The summed E-state index contributed by atoms with van der Waals surface area (Å²) in [6, 6.07) is 17.9. The number of fused-ring (bicyclic) bond motifs is 1. The summed E-state index contributed by atoms with van der Waals surface area (Å²) in [5.41, 5.74) is 0.340. The van der Waals surface area contributed by atoms with Crippen LogP contribution >= 0.6 is 31.9 Å². The van der Waals surface area contributed by atoms with E-state index in [0.717, 1.165) is 16.1 Å². The maximum absolute atomic E-state index is 13.4. The minimum atomic E-state index is -4.20. The van der Waals surface area contributed by atoms with Crippen molar-refractivity contribution in [3.8, 4) is 17.7 Å². The van der Waals surface area contributed by atoms with Gasteiger partial charge in [-0.1, -0.05) is 37.9 Å². The largest absolute Gasteiger partial charge is 0.438 e. The van der Waals surface area contributed by atoms with Gasteiger partial charge in [-0.05, 0) is 73.2 Å². The van der Waals surface area contributed by atoms with Crippen molar-refractivity contribution in [2.45, 2.75) is 11.8 Å². The number of allylic oxidation sites excluding steroid dienone is 1. The molecule has 0 saturated carbocycles. The number of pyridine rings is 1. The molecule has 0 aliphatic rings. The summed E-state index contributed by atoms with van der Waals surface area (Å²) in [6.07, 6.45) is 2.53. The van der Waals surface area contributed by atoms with Crippen LogP contribution in [-0.4, -0.2) is 17.8 Å². The van der Waals surface area contributed by atoms with E-state index < -0.39 is 20.3 Å². The molecule has 0 amide bonds. The summed E-state index contributed by atoms with van der Waals surface area (Å²) in [7, 11) is -4.20. The maximum Gasteiger partial charge on any atom is 0.269 e. The molecule has 2 heterocycles. The molecule has 0 bridgehead atoms. The summed E-state index contributed by atoms with van der Waals surface area (Å²) in [5.74, 6) is 0.275. The van der Waals surface area contributed by atoms with Crippen LogP contribution < -0.4 is 10.3 Å². The number of halogens is 2. The average Bonchev–Trinajstić information content (AvgIpc) is 2.81. The highest BCUT2D eigenvalue weighted by Crippen LogP contribution is 2.28. The maximum atomic E-state index is 13.4. The van der Waals surface area contributed by atoms with Crippen molar-refractivity contribution in [1.82, 2.24) is 9.38 Å². The molecule has 0 fully saturated rings. The van der Waals surface area contributed by atoms with Gasteiger partial charge in [0.25, 0.3) is 5.56 Å². The summed E-state index contributed by atoms with van der Waals surface area (Å²) < 4.78 is 35.0. The Morgan fingerprint density at radius 3 is 2.29 bits per heavy atom. The molecule has 0 radical (unpaired) electrons. The topological polar surface area (TPSA) is 102 Å². The SMILES string of the molecule is Cc1cccn2c(=O)c(C=C(C#N)S(=O)(=O)c3ccc(Br)cc3)c(Oc3ccc(Br)cc3)nc12. The van der Waals surface area contributed by atoms with Gasteiger partial charge < -0.3 is 4.74 Å². The van der Waals surface area contributed by atoms with Gasteiger partial charge in [0.05, 0.1) is 4.90 Å². The Bertz CT molecular complexity index is 1640. The molecule has 0 atom stereocenters. The van der Waals surface area contributed by atoms with Gasteiger partial charge in [0.2, 0.25) is 15.7 Å². The molecule has 10 heteroatoms.